The Balaban J connectivity index is 2.30. The molecule has 1 fully saturated rings. The van der Waals surface area contributed by atoms with Crippen LogP contribution < -0.4 is 30.5 Å². The first kappa shape index (κ1) is 21.7. The molecule has 0 heterocycles. The summed E-state index contributed by atoms with van der Waals surface area (Å²) >= 11 is 0.166. The van der Waals surface area contributed by atoms with Crippen LogP contribution in [0.4, 0.5) is 0 Å². The predicted molar refractivity (Wildman–Crippen MR) is 98.7 cm³/mol. The molecule has 0 radical (unpaired) electrons. The van der Waals surface area contributed by atoms with Gasteiger partial charge in [0.1, 0.15) is 0 Å². The van der Waals surface area contributed by atoms with Gasteiger partial charge in [-0.2, -0.15) is 0 Å². The van der Waals surface area contributed by atoms with Gasteiger partial charge in [-0.05, 0) is 0 Å². The molecule has 4 unspecified atom stereocenters. The number of hydrogen-bond donors (Lipinski definition) is 2. The van der Waals surface area contributed by atoms with E-state index < -0.39 is 0 Å². The van der Waals surface area contributed by atoms with Gasteiger partial charge in [-0.1, -0.05) is 0 Å². The molecule has 0 aromatic rings. The van der Waals surface area contributed by atoms with Gasteiger partial charge in [-0.25, -0.2) is 0 Å². The van der Waals surface area contributed by atoms with Crippen LogP contribution in [0.25, 0.3) is 0 Å². The van der Waals surface area contributed by atoms with E-state index in [1.807, 2.05) is 0 Å². The fraction of sp³-hybridized carbons (Fsp3) is 1.00. The first-order chi connectivity index (χ1) is 10.9. The van der Waals surface area contributed by atoms with Crippen molar-refractivity contribution >= 4 is 0 Å². The number of hydrogen-bond acceptors (Lipinski definition) is 2. The molecule has 1 aliphatic rings. The summed E-state index contributed by atoms with van der Waals surface area (Å²) in [6.45, 7) is 16.8. The maximum atomic E-state index is 3.59. The summed E-state index contributed by atoms with van der Waals surface area (Å²) < 4.78 is 4.89. The normalized spacial score (nSPS) is 27.3. The molecule has 0 aromatic carbocycles. The second kappa shape index (κ2) is 11.3. The van der Waals surface area contributed by atoms with Gasteiger partial charge in [0.2, 0.25) is 0 Å². The molecule has 0 aromatic heterocycles. The quantitative estimate of drug-likeness (QED) is 0.170. The van der Waals surface area contributed by atoms with E-state index in [9.17, 15) is 0 Å². The minimum absolute atomic E-state index is 0.166. The third-order valence-corrected chi connectivity index (χ3v) is 8.72. The summed E-state index contributed by atoms with van der Waals surface area (Å²) in [6, 6.07) is 0.638. The Morgan fingerprint density at radius 3 is 2.30 bits per heavy atom. The Hall–Kier alpha value is 0.650. The van der Waals surface area contributed by atoms with Crippen molar-refractivity contribution in [1.29, 1.82) is 0 Å². The average molecular weight is 437 g/mol. The summed E-state index contributed by atoms with van der Waals surface area (Å²) in [5, 5.41) is 0. The van der Waals surface area contributed by atoms with Crippen molar-refractivity contribution < 1.29 is 21.5 Å². The van der Waals surface area contributed by atoms with Crippen LogP contribution >= 0.6 is 0 Å². The van der Waals surface area contributed by atoms with Crippen molar-refractivity contribution in [1.82, 2.24) is 9.06 Å². The average Bonchev–Trinajstić information content (AvgIpc) is 2.98. The molecule has 0 aliphatic heterocycles. The number of alkyl halides is 1. The zero-order valence-electron chi connectivity index (χ0n) is 16.7. The Morgan fingerprint density at radius 1 is 1.00 bits per heavy atom. The van der Waals surface area contributed by atoms with Crippen molar-refractivity contribution in [2.24, 2.45) is 35.5 Å². The van der Waals surface area contributed by atoms with Crippen LogP contribution in [-0.4, -0.2) is 10.5 Å². The van der Waals surface area contributed by atoms with E-state index in [4.69, 9.17) is 0 Å². The fourth-order valence-corrected chi connectivity index (χ4v) is 5.55. The molecule has 0 spiro atoms. The maximum absolute atomic E-state index is 3.59. The van der Waals surface area contributed by atoms with Gasteiger partial charge in [0.25, 0.3) is 0 Å². The SMILES string of the molecule is CCC[I-]NN[C@H](C)[C@@H]1CCC(CC(C)C(C)C(C)C(C)C)C1. The number of halogens is 1. The van der Waals surface area contributed by atoms with E-state index in [1.54, 1.807) is 0 Å². The molecule has 23 heavy (non-hydrogen) atoms. The monoisotopic (exact) mass is 437 g/mol. The topological polar surface area (TPSA) is 24.1 Å². The van der Waals surface area contributed by atoms with Crippen LogP contribution in [0.15, 0.2) is 0 Å². The van der Waals surface area contributed by atoms with E-state index >= 15 is 0 Å². The van der Waals surface area contributed by atoms with Gasteiger partial charge in [0.05, 0.1) is 0 Å². The molecule has 1 aliphatic carbocycles. The zero-order chi connectivity index (χ0) is 17.4. The first-order valence-corrected chi connectivity index (χ1v) is 12.6. The van der Waals surface area contributed by atoms with Crippen molar-refractivity contribution in [2.45, 2.75) is 86.6 Å². The van der Waals surface area contributed by atoms with Crippen LogP contribution in [-0.2, 0) is 0 Å². The molecular weight excluding hydrogens is 395 g/mol. The first-order valence-electron chi connectivity index (χ1n) is 9.95. The van der Waals surface area contributed by atoms with E-state index in [1.165, 1.54) is 36.5 Å². The van der Waals surface area contributed by atoms with E-state index in [0.29, 0.717) is 6.04 Å². The van der Waals surface area contributed by atoms with Crippen LogP contribution in [0, 0.1) is 35.5 Å². The van der Waals surface area contributed by atoms with Gasteiger partial charge in [0.15, 0.2) is 0 Å². The third kappa shape index (κ3) is 7.60. The predicted octanol–water partition coefficient (Wildman–Crippen LogP) is 2.25. The summed E-state index contributed by atoms with van der Waals surface area (Å²) in [6.07, 6.45) is 7.07. The number of rotatable bonds is 11. The van der Waals surface area contributed by atoms with Crippen LogP contribution in [0.3, 0.4) is 0 Å². The Morgan fingerprint density at radius 2 is 1.70 bits per heavy atom. The number of hydrazine groups is 1. The van der Waals surface area contributed by atoms with E-state index in [0.717, 1.165) is 35.5 Å². The van der Waals surface area contributed by atoms with Crippen LogP contribution in [0.2, 0.25) is 0 Å². The summed E-state index contributed by atoms with van der Waals surface area (Å²) in [4.78, 5) is 0. The molecule has 1 saturated carbocycles. The molecule has 0 saturated heterocycles. The second-order valence-corrected chi connectivity index (χ2v) is 10.8. The Labute approximate surface area is 156 Å². The summed E-state index contributed by atoms with van der Waals surface area (Å²) in [5.41, 5.74) is 3.59. The molecule has 2 N–H and O–H groups in total. The van der Waals surface area contributed by atoms with Crippen molar-refractivity contribution in [3.8, 4) is 0 Å². The summed E-state index contributed by atoms with van der Waals surface area (Å²) in [7, 11) is 0. The molecule has 2 nitrogen and oxygen atoms in total. The molecule has 3 heteroatoms. The van der Waals surface area contributed by atoms with Gasteiger partial charge >= 0.3 is 157 Å². The molecular formula is C20H42IN2-. The van der Waals surface area contributed by atoms with Crippen LogP contribution in [0.5, 0.6) is 0 Å². The minimum atomic E-state index is 0.166. The second-order valence-electron chi connectivity index (χ2n) is 8.46. The third-order valence-electron chi connectivity index (χ3n) is 6.41. The molecule has 6 atom stereocenters. The number of nitrogens with one attached hydrogen (secondary N) is 2. The van der Waals surface area contributed by atoms with Crippen molar-refractivity contribution in [3.63, 3.8) is 0 Å². The standard InChI is InChI=1S/C20H42IN2/c1-8-11-21-23-22-18(7)20-10-9-19(13-20)12-15(4)17(6)16(5)14(2)3/h14-20,22-23H,8-13H2,1-7H3/q-1/t15?,16?,17?,18-,19?,20-/m1/s1. The fourth-order valence-electron chi connectivity index (χ4n) is 4.03. The van der Waals surface area contributed by atoms with Crippen molar-refractivity contribution in [2.75, 3.05) is 4.43 Å². The summed E-state index contributed by atoms with van der Waals surface area (Å²) in [5.74, 6) is 5.22. The van der Waals surface area contributed by atoms with Crippen molar-refractivity contribution in [3.05, 3.63) is 0 Å². The van der Waals surface area contributed by atoms with Gasteiger partial charge < -0.3 is 0 Å². The Kier molecular flexibility index (Phi) is 10.7. The van der Waals surface area contributed by atoms with Crippen LogP contribution in [0.1, 0.15) is 80.6 Å². The molecule has 1 rings (SSSR count). The van der Waals surface area contributed by atoms with E-state index in [-0.39, 0.29) is 21.5 Å². The van der Waals surface area contributed by atoms with Gasteiger partial charge in [-0.3, -0.25) is 0 Å². The Bertz CT molecular complexity index is 308. The van der Waals surface area contributed by atoms with Gasteiger partial charge in [0, 0.05) is 0 Å². The zero-order valence-corrected chi connectivity index (χ0v) is 18.8. The molecule has 0 bridgehead atoms. The molecule has 140 valence electrons. The molecule has 0 amide bonds. The van der Waals surface area contributed by atoms with Gasteiger partial charge in [-0.15, -0.1) is 0 Å². The van der Waals surface area contributed by atoms with E-state index in [2.05, 4.69) is 57.5 Å².